The molecule has 1 aliphatic heterocycles. The molecule has 0 saturated carbocycles. The van der Waals surface area contributed by atoms with Crippen molar-refractivity contribution < 1.29 is 56.9 Å². The molecule has 3 heterocycles. The smallest absolute Gasteiger partial charge is 0.163 e. The summed E-state index contributed by atoms with van der Waals surface area (Å²) in [5.41, 5.74) is 9.33. The molecule has 1 aromatic carbocycles. The molecule has 0 unspecified atom stereocenters. The predicted molar refractivity (Wildman–Crippen MR) is 240 cm³/mol. The van der Waals surface area contributed by atoms with E-state index in [1.54, 1.807) is 11.3 Å². The third-order valence-electron chi connectivity index (χ3n) is 9.50. The fourth-order valence-corrected chi connectivity index (χ4v) is 7.55. The van der Waals surface area contributed by atoms with Crippen LogP contribution in [-0.4, -0.2) is 178 Å². The summed E-state index contributed by atoms with van der Waals surface area (Å²) in [5.74, 6) is 1.54. The lowest BCUT2D eigenvalue weighted by molar-refractivity contribution is -0.119. The number of aryl methyl sites for hydroxylation is 2. The number of hydrogen-bond acceptors (Lipinski definition) is 17. The summed E-state index contributed by atoms with van der Waals surface area (Å²) in [4.78, 5) is 19.7. The molecule has 4 rings (SSSR count). The number of halogens is 1. The van der Waals surface area contributed by atoms with Gasteiger partial charge in [-0.15, -0.1) is 21.5 Å². The van der Waals surface area contributed by atoms with E-state index in [9.17, 15) is 4.79 Å². The Morgan fingerprint density at radius 1 is 0.619 bits per heavy atom. The lowest BCUT2D eigenvalue weighted by Gasteiger charge is -2.12. The number of benzene rings is 1. The first-order valence-electron chi connectivity index (χ1n) is 21.8. The first kappa shape index (κ1) is 52.8. The van der Waals surface area contributed by atoms with Crippen LogP contribution < -0.4 is 5.73 Å². The molecule has 0 radical (unpaired) electrons. The number of aliphatic imine (C=N–C) groups is 1. The molecule has 1 atom stereocenters. The Balaban J connectivity index is 0.902. The minimum atomic E-state index is -0.471. The normalized spacial score (nSPS) is 13.6. The first-order chi connectivity index (χ1) is 30.9. The van der Waals surface area contributed by atoms with Gasteiger partial charge in [-0.1, -0.05) is 23.7 Å². The summed E-state index contributed by atoms with van der Waals surface area (Å²) < 4.78 is 62.5. The van der Waals surface area contributed by atoms with Gasteiger partial charge >= 0.3 is 0 Å². The maximum absolute atomic E-state index is 13.3. The van der Waals surface area contributed by atoms with Gasteiger partial charge in [-0.2, -0.15) is 0 Å². The Bertz CT molecular complexity index is 1710. The highest BCUT2D eigenvalue weighted by Crippen LogP contribution is 2.39. The fourth-order valence-electron chi connectivity index (χ4n) is 6.21. The molecule has 19 heteroatoms. The Labute approximate surface area is 381 Å². The summed E-state index contributed by atoms with van der Waals surface area (Å²) in [6.07, 6.45) is 1.21. The maximum Gasteiger partial charge on any atom is 0.163 e. The van der Waals surface area contributed by atoms with Crippen molar-refractivity contribution in [3.8, 4) is 5.00 Å². The van der Waals surface area contributed by atoms with Crippen LogP contribution in [0.25, 0.3) is 5.00 Å². The number of carbonyl (C=O) groups is 1. The van der Waals surface area contributed by atoms with Gasteiger partial charge in [-0.25, -0.2) is 0 Å². The zero-order valence-electron chi connectivity index (χ0n) is 37.3. The van der Waals surface area contributed by atoms with Crippen LogP contribution >= 0.6 is 22.9 Å². The SMILES string of the molecule is Cc1sc2c(c1C)C(c1ccc(Cl)cc1)=N[C@@H](CC(=O)CCCOCCOCCOCCOCCOCCOCCOCCOCCOCCOCCOCCN)c1nnc(C)n1-2. The highest BCUT2D eigenvalue weighted by Gasteiger charge is 2.32. The number of aromatic nitrogens is 3. The molecule has 63 heavy (non-hydrogen) atoms. The summed E-state index contributed by atoms with van der Waals surface area (Å²) >= 11 is 7.91. The third-order valence-corrected chi connectivity index (χ3v) is 10.9. The number of fused-ring (bicyclic) bond motifs is 3. The maximum atomic E-state index is 13.3. The summed E-state index contributed by atoms with van der Waals surface area (Å²) in [5, 5.41) is 10.6. The second-order valence-electron chi connectivity index (χ2n) is 14.3. The largest absolute Gasteiger partial charge is 0.379 e. The molecule has 0 saturated heterocycles. The van der Waals surface area contributed by atoms with Crippen molar-refractivity contribution in [3.05, 3.63) is 62.5 Å². The highest BCUT2D eigenvalue weighted by atomic mass is 35.5. The van der Waals surface area contributed by atoms with E-state index in [2.05, 4.69) is 28.6 Å². The highest BCUT2D eigenvalue weighted by molar-refractivity contribution is 7.15. The van der Waals surface area contributed by atoms with E-state index >= 15 is 0 Å². The van der Waals surface area contributed by atoms with Crippen LogP contribution in [0.5, 0.6) is 0 Å². The van der Waals surface area contributed by atoms with Crippen molar-refractivity contribution in [1.29, 1.82) is 0 Å². The Kier molecular flexibility index (Phi) is 27.5. The summed E-state index contributed by atoms with van der Waals surface area (Å²) in [6.45, 7) is 17.5. The molecule has 0 aliphatic carbocycles. The second kappa shape index (κ2) is 32.8. The lowest BCUT2D eigenvalue weighted by atomic mass is 9.99. The van der Waals surface area contributed by atoms with Gasteiger partial charge in [0.15, 0.2) is 5.82 Å². The average molecular weight is 927 g/mol. The Morgan fingerprint density at radius 2 is 1.03 bits per heavy atom. The second-order valence-corrected chi connectivity index (χ2v) is 15.9. The van der Waals surface area contributed by atoms with E-state index in [1.165, 1.54) is 4.88 Å². The number of Topliss-reactive ketones (excluding diaryl/α,β-unsaturated/α-hetero) is 1. The van der Waals surface area contributed by atoms with Crippen LogP contribution in [-0.2, 0) is 56.9 Å². The van der Waals surface area contributed by atoms with Crippen molar-refractivity contribution in [2.75, 3.05) is 152 Å². The van der Waals surface area contributed by atoms with Crippen LogP contribution in [0.15, 0.2) is 29.3 Å². The summed E-state index contributed by atoms with van der Waals surface area (Å²) in [6, 6.07) is 7.20. The number of ether oxygens (including phenoxy) is 11. The van der Waals surface area contributed by atoms with Gasteiger partial charge in [0.1, 0.15) is 22.7 Å². The van der Waals surface area contributed by atoms with Gasteiger partial charge in [0.25, 0.3) is 0 Å². The molecule has 17 nitrogen and oxygen atoms in total. The zero-order valence-corrected chi connectivity index (χ0v) is 38.9. The van der Waals surface area contributed by atoms with Crippen LogP contribution in [0.2, 0.25) is 5.02 Å². The molecule has 354 valence electrons. The molecule has 0 bridgehead atoms. The van der Waals surface area contributed by atoms with E-state index in [0.29, 0.717) is 176 Å². The minimum Gasteiger partial charge on any atom is -0.379 e. The number of rotatable bonds is 39. The van der Waals surface area contributed by atoms with Crippen LogP contribution in [0.4, 0.5) is 0 Å². The number of nitrogens with two attached hydrogens (primary N) is 1. The first-order valence-corrected chi connectivity index (χ1v) is 23.0. The third kappa shape index (κ3) is 20.5. The van der Waals surface area contributed by atoms with Crippen LogP contribution in [0, 0.1) is 20.8 Å². The number of nitrogens with zero attached hydrogens (tertiary/aromatic N) is 4. The molecule has 3 aromatic rings. The van der Waals surface area contributed by atoms with E-state index in [-0.39, 0.29) is 12.2 Å². The van der Waals surface area contributed by atoms with Crippen molar-refractivity contribution in [2.24, 2.45) is 10.7 Å². The van der Waals surface area contributed by atoms with E-state index in [0.717, 1.165) is 33.2 Å². The topological polar surface area (TPSA) is 188 Å². The lowest BCUT2D eigenvalue weighted by Crippen LogP contribution is -2.15. The fraction of sp³-hybridized carbons (Fsp3) is 0.682. The van der Waals surface area contributed by atoms with Crippen molar-refractivity contribution in [1.82, 2.24) is 14.8 Å². The monoisotopic (exact) mass is 925 g/mol. The predicted octanol–water partition coefficient (Wildman–Crippen LogP) is 4.68. The Hall–Kier alpha value is -2.79. The molecular formula is C44H68ClN5O12S. The van der Waals surface area contributed by atoms with Crippen molar-refractivity contribution in [3.63, 3.8) is 0 Å². The standard InChI is InChI=1S/C44H68ClN5O12S/c1-34-35(2)63-44-41(34)42(37-6-8-38(45)9-7-37)47-40(43-49-48-36(3)50(43)44)33-39(51)5-4-11-52-13-15-54-17-19-56-21-23-58-25-27-60-29-31-62-32-30-61-28-26-59-24-22-57-20-18-55-16-14-53-12-10-46/h6-9,40H,4-5,10-33,46H2,1-3H3/t40-/m0/s1. The summed E-state index contributed by atoms with van der Waals surface area (Å²) in [7, 11) is 0. The molecule has 0 amide bonds. The molecule has 0 spiro atoms. The van der Waals surface area contributed by atoms with Gasteiger partial charge < -0.3 is 57.8 Å². The number of carbonyl (C=O) groups excluding carboxylic acids is 1. The van der Waals surface area contributed by atoms with Gasteiger partial charge in [0, 0.05) is 47.0 Å². The zero-order chi connectivity index (χ0) is 44.7. The van der Waals surface area contributed by atoms with Crippen molar-refractivity contribution in [2.45, 2.75) is 46.1 Å². The van der Waals surface area contributed by atoms with Gasteiger partial charge in [0.2, 0.25) is 0 Å². The molecule has 1 aliphatic rings. The van der Waals surface area contributed by atoms with Crippen LogP contribution in [0.3, 0.4) is 0 Å². The number of hydrogen-bond donors (Lipinski definition) is 1. The van der Waals surface area contributed by atoms with Gasteiger partial charge in [0.05, 0.1) is 144 Å². The molecule has 2 aromatic heterocycles. The van der Waals surface area contributed by atoms with E-state index in [4.69, 9.17) is 74.4 Å². The van der Waals surface area contributed by atoms with E-state index < -0.39 is 6.04 Å². The molecule has 0 fully saturated rings. The molecule has 2 N–H and O–H groups in total. The Morgan fingerprint density at radius 3 is 1.46 bits per heavy atom. The minimum absolute atomic E-state index is 0.0958. The quantitative estimate of drug-likeness (QED) is 0.0777. The average Bonchev–Trinajstić information content (AvgIpc) is 3.76. The van der Waals surface area contributed by atoms with Gasteiger partial charge in [-0.3, -0.25) is 14.4 Å². The van der Waals surface area contributed by atoms with Gasteiger partial charge in [-0.05, 0) is 44.9 Å². The van der Waals surface area contributed by atoms with E-state index in [1.807, 2.05) is 31.2 Å². The number of thiophene rings is 1. The number of ketones is 1. The molecular weight excluding hydrogens is 858 g/mol. The van der Waals surface area contributed by atoms with Crippen LogP contribution in [0.1, 0.15) is 58.5 Å². The van der Waals surface area contributed by atoms with Crippen molar-refractivity contribution >= 4 is 34.4 Å².